The van der Waals surface area contributed by atoms with Crippen LogP contribution in [0.1, 0.15) is 19.0 Å². The molecule has 1 atom stereocenters. The molecule has 0 aromatic carbocycles. The lowest BCUT2D eigenvalue weighted by atomic mass is 10.1. The van der Waals surface area contributed by atoms with Crippen LogP contribution in [0.3, 0.4) is 0 Å². The van der Waals surface area contributed by atoms with Gasteiger partial charge in [-0.05, 0) is 12.5 Å². The molecule has 0 aliphatic heterocycles. The number of nitrogens with two attached hydrogens (primary N) is 1. The summed E-state index contributed by atoms with van der Waals surface area (Å²) in [5.41, 5.74) is 6.51. The minimum atomic E-state index is -0.485. The van der Waals surface area contributed by atoms with E-state index in [1.165, 1.54) is 6.08 Å². The van der Waals surface area contributed by atoms with Crippen molar-refractivity contribution in [1.82, 2.24) is 9.97 Å². The largest absolute Gasteiger partial charge is 0.351 e. The number of nitrogens with one attached hydrogen (secondary N) is 1. The second-order valence-corrected chi connectivity index (χ2v) is 3.08. The first-order chi connectivity index (χ1) is 6.74. The second-order valence-electron chi connectivity index (χ2n) is 3.08. The van der Waals surface area contributed by atoms with Crippen molar-refractivity contribution in [2.75, 3.05) is 0 Å². The molecule has 0 spiro atoms. The average molecular weight is 193 g/mol. The number of ketones is 1. The number of hydrogen-bond acceptors (Lipinski definition) is 3. The Morgan fingerprint density at radius 3 is 3.14 bits per heavy atom. The molecular formula is C10H15N3O. The Morgan fingerprint density at radius 2 is 2.57 bits per heavy atom. The highest BCUT2D eigenvalue weighted by molar-refractivity contribution is 5.94. The maximum absolute atomic E-state index is 11.4. The van der Waals surface area contributed by atoms with Crippen molar-refractivity contribution in [2.24, 2.45) is 5.73 Å². The van der Waals surface area contributed by atoms with Gasteiger partial charge >= 0.3 is 0 Å². The quantitative estimate of drug-likeness (QED) is 0.680. The maximum Gasteiger partial charge on any atom is 0.172 e. The van der Waals surface area contributed by atoms with E-state index in [1.807, 2.05) is 13.0 Å². The van der Waals surface area contributed by atoms with E-state index < -0.39 is 6.04 Å². The van der Waals surface area contributed by atoms with Crippen LogP contribution in [0.25, 0.3) is 0 Å². The molecule has 0 fully saturated rings. The number of aromatic amines is 1. The van der Waals surface area contributed by atoms with Gasteiger partial charge in [-0.2, -0.15) is 0 Å². The molecule has 76 valence electrons. The zero-order valence-electron chi connectivity index (χ0n) is 8.23. The van der Waals surface area contributed by atoms with Crippen molar-refractivity contribution in [3.63, 3.8) is 0 Å². The summed E-state index contributed by atoms with van der Waals surface area (Å²) >= 11 is 0. The van der Waals surface area contributed by atoms with Crippen LogP contribution in [0.2, 0.25) is 0 Å². The summed E-state index contributed by atoms with van der Waals surface area (Å²) in [5.74, 6) is -0.0464. The molecular weight excluding hydrogens is 178 g/mol. The topological polar surface area (TPSA) is 71.8 Å². The zero-order chi connectivity index (χ0) is 10.4. The smallest absolute Gasteiger partial charge is 0.172 e. The van der Waals surface area contributed by atoms with Crippen molar-refractivity contribution in [3.05, 3.63) is 30.4 Å². The molecule has 3 N–H and O–H groups in total. The van der Waals surface area contributed by atoms with E-state index >= 15 is 0 Å². The van der Waals surface area contributed by atoms with Gasteiger partial charge in [0.2, 0.25) is 0 Å². The van der Waals surface area contributed by atoms with E-state index in [0.29, 0.717) is 6.42 Å². The Labute approximate surface area is 83.2 Å². The van der Waals surface area contributed by atoms with Crippen molar-refractivity contribution in [3.8, 4) is 0 Å². The summed E-state index contributed by atoms with van der Waals surface area (Å²) in [6.45, 7) is 1.98. The number of allylic oxidation sites excluding steroid dienone is 1. The number of carbonyl (C=O) groups is 1. The Bertz CT molecular complexity index is 303. The average Bonchev–Trinajstić information content (AvgIpc) is 2.66. The third-order valence-electron chi connectivity index (χ3n) is 1.87. The highest BCUT2D eigenvalue weighted by Crippen LogP contribution is 1.98. The monoisotopic (exact) mass is 193 g/mol. The van der Waals surface area contributed by atoms with Gasteiger partial charge in [0.15, 0.2) is 5.78 Å². The van der Waals surface area contributed by atoms with Crippen LogP contribution in [0.4, 0.5) is 0 Å². The molecule has 0 saturated heterocycles. The minimum Gasteiger partial charge on any atom is -0.351 e. The molecule has 14 heavy (non-hydrogen) atoms. The fourth-order valence-corrected chi connectivity index (χ4v) is 1.09. The number of imidazole rings is 1. The first kappa shape index (κ1) is 10.7. The molecule has 1 aromatic rings. The first-order valence-electron chi connectivity index (χ1n) is 4.67. The van der Waals surface area contributed by atoms with Gasteiger partial charge in [-0.1, -0.05) is 13.0 Å². The van der Waals surface area contributed by atoms with Crippen LogP contribution in [0.5, 0.6) is 0 Å². The van der Waals surface area contributed by atoms with Crippen molar-refractivity contribution < 1.29 is 4.79 Å². The van der Waals surface area contributed by atoms with Gasteiger partial charge in [-0.25, -0.2) is 4.98 Å². The molecule has 0 amide bonds. The Hall–Kier alpha value is -1.42. The van der Waals surface area contributed by atoms with Gasteiger partial charge in [0.1, 0.15) is 0 Å². The molecule has 0 bridgehead atoms. The third kappa shape index (κ3) is 3.14. The van der Waals surface area contributed by atoms with Crippen molar-refractivity contribution in [2.45, 2.75) is 25.8 Å². The second kappa shape index (κ2) is 5.34. The fraction of sp³-hybridized carbons (Fsp3) is 0.400. The SMILES string of the molecule is CC/C=C\C(=O)[C@@H](N)Cc1c[nH]cn1. The van der Waals surface area contributed by atoms with Gasteiger partial charge in [-0.15, -0.1) is 0 Å². The molecule has 4 nitrogen and oxygen atoms in total. The van der Waals surface area contributed by atoms with E-state index in [-0.39, 0.29) is 5.78 Å². The minimum absolute atomic E-state index is 0.0464. The summed E-state index contributed by atoms with van der Waals surface area (Å²) in [4.78, 5) is 18.2. The Balaban J connectivity index is 2.46. The van der Waals surface area contributed by atoms with Crippen LogP contribution in [-0.2, 0) is 11.2 Å². The van der Waals surface area contributed by atoms with Crippen molar-refractivity contribution in [1.29, 1.82) is 0 Å². The van der Waals surface area contributed by atoms with E-state index in [1.54, 1.807) is 12.5 Å². The van der Waals surface area contributed by atoms with Crippen LogP contribution >= 0.6 is 0 Å². The van der Waals surface area contributed by atoms with Crippen LogP contribution < -0.4 is 5.73 Å². The zero-order valence-corrected chi connectivity index (χ0v) is 8.23. The summed E-state index contributed by atoms with van der Waals surface area (Å²) in [5, 5.41) is 0. The molecule has 0 aliphatic rings. The summed E-state index contributed by atoms with van der Waals surface area (Å²) in [7, 11) is 0. The Morgan fingerprint density at radius 1 is 1.79 bits per heavy atom. The lowest BCUT2D eigenvalue weighted by Gasteiger charge is -2.04. The third-order valence-corrected chi connectivity index (χ3v) is 1.87. The standard InChI is InChI=1S/C10H15N3O/c1-2-3-4-10(14)9(11)5-8-6-12-7-13-8/h3-4,6-7,9H,2,5,11H2,1H3,(H,12,13)/b4-3-/t9-/m0/s1. The number of nitrogens with zero attached hydrogens (tertiary/aromatic N) is 1. The van der Waals surface area contributed by atoms with Crippen LogP contribution in [0.15, 0.2) is 24.7 Å². The van der Waals surface area contributed by atoms with Gasteiger partial charge in [0, 0.05) is 12.6 Å². The molecule has 0 saturated carbocycles. The van der Waals surface area contributed by atoms with Gasteiger partial charge < -0.3 is 10.7 Å². The van der Waals surface area contributed by atoms with Crippen LogP contribution in [-0.4, -0.2) is 21.8 Å². The highest BCUT2D eigenvalue weighted by atomic mass is 16.1. The van der Waals surface area contributed by atoms with Gasteiger partial charge in [0.05, 0.1) is 18.1 Å². The molecule has 1 heterocycles. The fourth-order valence-electron chi connectivity index (χ4n) is 1.09. The molecule has 0 aliphatic carbocycles. The van der Waals surface area contributed by atoms with E-state index in [9.17, 15) is 4.79 Å². The molecule has 1 rings (SSSR count). The number of carbonyl (C=O) groups excluding carboxylic acids is 1. The predicted molar refractivity (Wildman–Crippen MR) is 54.7 cm³/mol. The molecule has 1 aromatic heterocycles. The van der Waals surface area contributed by atoms with Crippen molar-refractivity contribution >= 4 is 5.78 Å². The maximum atomic E-state index is 11.4. The van der Waals surface area contributed by atoms with E-state index in [0.717, 1.165) is 12.1 Å². The molecule has 4 heteroatoms. The molecule has 0 unspecified atom stereocenters. The molecule has 0 radical (unpaired) electrons. The van der Waals surface area contributed by atoms with Gasteiger partial charge in [0.25, 0.3) is 0 Å². The summed E-state index contributed by atoms with van der Waals surface area (Å²) < 4.78 is 0. The highest BCUT2D eigenvalue weighted by Gasteiger charge is 2.11. The van der Waals surface area contributed by atoms with Crippen LogP contribution in [0, 0.1) is 0 Å². The first-order valence-corrected chi connectivity index (χ1v) is 4.67. The Kier molecular flexibility index (Phi) is 4.07. The number of hydrogen-bond donors (Lipinski definition) is 2. The lowest BCUT2D eigenvalue weighted by Crippen LogP contribution is -2.31. The number of aromatic nitrogens is 2. The predicted octanol–water partition coefficient (Wildman–Crippen LogP) is 0.815. The lowest BCUT2D eigenvalue weighted by molar-refractivity contribution is -0.115. The van der Waals surface area contributed by atoms with E-state index in [4.69, 9.17) is 5.73 Å². The normalized spacial score (nSPS) is 13.3. The summed E-state index contributed by atoms with van der Waals surface area (Å²) in [6.07, 6.45) is 8.01. The van der Waals surface area contributed by atoms with E-state index in [2.05, 4.69) is 9.97 Å². The van der Waals surface area contributed by atoms with Gasteiger partial charge in [-0.3, -0.25) is 4.79 Å². The number of H-pyrrole nitrogens is 1. The summed E-state index contributed by atoms with van der Waals surface area (Å²) in [6, 6.07) is -0.485. The number of rotatable bonds is 5.